The topological polar surface area (TPSA) is 95.1 Å². The number of halogens is 1. The summed E-state index contributed by atoms with van der Waals surface area (Å²) in [5, 5.41) is 3.34. The van der Waals surface area contributed by atoms with Crippen molar-refractivity contribution in [3.8, 4) is 0 Å². The number of piperazine rings is 1. The fraction of sp³-hybridized carbons (Fsp3) is 0.476. The van der Waals surface area contributed by atoms with Gasteiger partial charge in [-0.15, -0.1) is 0 Å². The maximum Gasteiger partial charge on any atom is 0.297 e. The predicted molar refractivity (Wildman–Crippen MR) is 120 cm³/mol. The molecule has 1 amide bonds. The van der Waals surface area contributed by atoms with Crippen LogP contribution in [0.2, 0.25) is 5.15 Å². The summed E-state index contributed by atoms with van der Waals surface area (Å²) < 4.78 is 5.93. The van der Waals surface area contributed by atoms with Gasteiger partial charge in [0.05, 0.1) is 32.6 Å². The molecule has 32 heavy (non-hydrogen) atoms. The first kappa shape index (κ1) is 21.4. The number of anilines is 3. The molecule has 2 saturated heterocycles. The third-order valence-corrected chi connectivity index (χ3v) is 6.55. The van der Waals surface area contributed by atoms with E-state index in [1.807, 2.05) is 12.1 Å². The van der Waals surface area contributed by atoms with Crippen molar-refractivity contribution in [1.82, 2.24) is 25.2 Å². The van der Waals surface area contributed by atoms with Gasteiger partial charge < -0.3 is 15.0 Å². The van der Waals surface area contributed by atoms with E-state index < -0.39 is 5.91 Å². The molecular formula is C21H26ClN7O3. The van der Waals surface area contributed by atoms with Crippen molar-refractivity contribution in [1.29, 1.82) is 0 Å². The minimum atomic E-state index is -0.488. The lowest BCUT2D eigenvalue weighted by Crippen LogP contribution is -2.73. The van der Waals surface area contributed by atoms with Gasteiger partial charge in [0.15, 0.2) is 11.5 Å². The van der Waals surface area contributed by atoms with Gasteiger partial charge in [-0.05, 0) is 31.3 Å². The first-order valence-corrected chi connectivity index (χ1v) is 11.0. The maximum atomic E-state index is 12.7. The highest BCUT2D eigenvalue weighted by atomic mass is 35.5. The van der Waals surface area contributed by atoms with E-state index in [0.29, 0.717) is 26.4 Å². The van der Waals surface area contributed by atoms with Crippen LogP contribution in [-0.4, -0.2) is 90.9 Å². The van der Waals surface area contributed by atoms with Crippen LogP contribution in [0.15, 0.2) is 30.5 Å². The molecule has 10 nitrogen and oxygen atoms in total. The number of aromatic nitrogens is 2. The van der Waals surface area contributed by atoms with E-state index in [0.717, 1.165) is 37.6 Å². The number of likely N-dealkylation sites (N-methyl/N-ethyl adjacent to an activating group) is 1. The number of nitrogens with zero attached hydrogens (tertiary/aromatic N) is 5. The van der Waals surface area contributed by atoms with Crippen LogP contribution < -0.4 is 15.7 Å². The molecule has 11 heteroatoms. The molecule has 2 N–H and O–H groups in total. The molecule has 4 bridgehead atoms. The average molecular weight is 460 g/mol. The van der Waals surface area contributed by atoms with Crippen LogP contribution in [0, 0.1) is 0 Å². The van der Waals surface area contributed by atoms with Crippen LogP contribution >= 0.6 is 11.6 Å². The molecular weight excluding hydrogens is 434 g/mol. The molecule has 1 aromatic carbocycles. The van der Waals surface area contributed by atoms with Gasteiger partial charge in [-0.2, -0.15) is 0 Å². The Kier molecular flexibility index (Phi) is 5.87. The average Bonchev–Trinajstić information content (AvgIpc) is 2.79. The molecule has 4 aliphatic heterocycles. The van der Waals surface area contributed by atoms with Crippen LogP contribution in [0.5, 0.6) is 0 Å². The number of rotatable bonds is 0. The molecule has 1 atom stereocenters. The summed E-state index contributed by atoms with van der Waals surface area (Å²) >= 11 is 6.02. The Morgan fingerprint density at radius 2 is 1.94 bits per heavy atom. The minimum absolute atomic E-state index is 0.105. The molecule has 1 aromatic heterocycles. The summed E-state index contributed by atoms with van der Waals surface area (Å²) in [5.41, 5.74) is 4.24. The molecule has 0 aliphatic carbocycles. The largest absolute Gasteiger partial charge is 0.377 e. The number of hydrogen-bond donors (Lipinski definition) is 2. The van der Waals surface area contributed by atoms with E-state index in [2.05, 4.69) is 54.6 Å². The van der Waals surface area contributed by atoms with E-state index in [-0.39, 0.29) is 22.3 Å². The fourth-order valence-electron chi connectivity index (χ4n) is 4.57. The second-order valence-electron chi connectivity index (χ2n) is 8.21. The smallest absolute Gasteiger partial charge is 0.297 e. The lowest BCUT2D eigenvalue weighted by Gasteiger charge is -2.56. The standard InChI is InChI=1S/C21H26ClN7O3/c1-27-6-7-28-13-21(27)14-31-10-8-29(21)9-11-32-26-20(30)18-19(25-17(22)12-23-18)24-15-2-4-16(28)5-3-15/h2-5,12H,6-11,13-14H2,1H3,(H,24,25)(H,26,30). The maximum absolute atomic E-state index is 12.7. The Morgan fingerprint density at radius 1 is 1.12 bits per heavy atom. The molecule has 6 rings (SSSR count). The van der Waals surface area contributed by atoms with Crippen molar-refractivity contribution in [3.05, 3.63) is 41.3 Å². The predicted octanol–water partition coefficient (Wildman–Crippen LogP) is 1.33. The van der Waals surface area contributed by atoms with E-state index >= 15 is 0 Å². The number of ether oxygens (including phenoxy) is 1. The monoisotopic (exact) mass is 459 g/mol. The summed E-state index contributed by atoms with van der Waals surface area (Å²) in [7, 11) is 2.15. The summed E-state index contributed by atoms with van der Waals surface area (Å²) in [6.45, 7) is 5.73. The van der Waals surface area contributed by atoms with E-state index in [1.165, 1.54) is 6.20 Å². The van der Waals surface area contributed by atoms with Gasteiger partial charge in [0.1, 0.15) is 10.8 Å². The molecule has 4 aliphatic rings. The molecule has 2 aromatic rings. The summed E-state index contributed by atoms with van der Waals surface area (Å²) in [4.78, 5) is 33.8. The van der Waals surface area contributed by atoms with Crippen molar-refractivity contribution in [3.63, 3.8) is 0 Å². The number of fused-ring (bicyclic) bond motifs is 6. The van der Waals surface area contributed by atoms with Crippen molar-refractivity contribution in [2.75, 3.05) is 69.8 Å². The quantitative estimate of drug-likeness (QED) is 0.604. The van der Waals surface area contributed by atoms with Gasteiger partial charge in [-0.1, -0.05) is 11.6 Å². The van der Waals surface area contributed by atoms with Gasteiger partial charge >= 0.3 is 0 Å². The number of morpholine rings is 1. The molecule has 1 unspecified atom stereocenters. The molecule has 5 heterocycles. The van der Waals surface area contributed by atoms with Crippen molar-refractivity contribution < 1.29 is 14.4 Å². The lowest BCUT2D eigenvalue weighted by molar-refractivity contribution is -0.151. The van der Waals surface area contributed by atoms with Crippen LogP contribution in [0.3, 0.4) is 0 Å². The first-order chi connectivity index (χ1) is 15.5. The van der Waals surface area contributed by atoms with Gasteiger partial charge in [0, 0.05) is 37.6 Å². The third-order valence-electron chi connectivity index (χ3n) is 6.37. The number of hydroxylamine groups is 1. The van der Waals surface area contributed by atoms with Crippen molar-refractivity contribution in [2.45, 2.75) is 5.66 Å². The lowest BCUT2D eigenvalue weighted by atomic mass is 10.0. The Morgan fingerprint density at radius 3 is 2.78 bits per heavy atom. The molecule has 170 valence electrons. The number of carbonyl (C=O) groups is 1. The molecule has 0 radical (unpaired) electrons. The zero-order valence-corrected chi connectivity index (χ0v) is 18.6. The van der Waals surface area contributed by atoms with Crippen molar-refractivity contribution in [2.24, 2.45) is 0 Å². The number of nitrogens with one attached hydrogen (secondary N) is 2. The Labute approximate surface area is 191 Å². The second-order valence-corrected chi connectivity index (χ2v) is 8.59. The van der Waals surface area contributed by atoms with Crippen molar-refractivity contribution >= 4 is 34.7 Å². The summed E-state index contributed by atoms with van der Waals surface area (Å²) in [5.74, 6) is -0.219. The second kappa shape index (κ2) is 8.80. The zero-order chi connectivity index (χ0) is 22.1. The van der Waals surface area contributed by atoms with Crippen LogP contribution in [0.4, 0.5) is 17.2 Å². The number of amides is 1. The van der Waals surface area contributed by atoms with Crippen LogP contribution in [0.25, 0.3) is 0 Å². The number of benzene rings is 1. The number of carbonyl (C=O) groups excluding carboxylic acids is 1. The molecule has 0 saturated carbocycles. The molecule has 1 spiro atoms. The highest BCUT2D eigenvalue weighted by Crippen LogP contribution is 2.31. The number of hydrogen-bond acceptors (Lipinski definition) is 9. The third kappa shape index (κ3) is 4.00. The molecule has 2 fully saturated rings. The summed E-state index contributed by atoms with van der Waals surface area (Å²) in [6.07, 6.45) is 1.34. The normalized spacial score (nSPS) is 24.9. The van der Waals surface area contributed by atoms with E-state index in [4.69, 9.17) is 21.2 Å². The minimum Gasteiger partial charge on any atom is -0.377 e. The fourth-order valence-corrected chi connectivity index (χ4v) is 4.70. The SMILES string of the molecule is CN1CCN2CC13COCCN3CCONC(=O)c1ncc(Cl)nc1Nc1ccc2cc1. The van der Waals surface area contributed by atoms with Gasteiger partial charge in [0.2, 0.25) is 0 Å². The van der Waals surface area contributed by atoms with E-state index in [9.17, 15) is 4.79 Å². The zero-order valence-electron chi connectivity index (χ0n) is 17.9. The van der Waals surface area contributed by atoms with E-state index in [1.54, 1.807) is 0 Å². The van der Waals surface area contributed by atoms with Crippen LogP contribution in [0.1, 0.15) is 10.5 Å². The highest BCUT2D eigenvalue weighted by Gasteiger charge is 2.46. The Bertz CT molecular complexity index is 992. The van der Waals surface area contributed by atoms with Gasteiger partial charge in [0.25, 0.3) is 5.91 Å². The highest BCUT2D eigenvalue weighted by molar-refractivity contribution is 6.29. The Balaban J connectivity index is 1.50. The Hall–Kier alpha value is -2.50. The van der Waals surface area contributed by atoms with Gasteiger partial charge in [-0.25, -0.2) is 15.4 Å². The van der Waals surface area contributed by atoms with Crippen LogP contribution in [-0.2, 0) is 9.57 Å². The van der Waals surface area contributed by atoms with Gasteiger partial charge in [-0.3, -0.25) is 19.4 Å². The first-order valence-electron chi connectivity index (χ1n) is 10.7. The summed E-state index contributed by atoms with van der Waals surface area (Å²) in [6, 6.07) is 8.06.